The molecule has 206 valence electrons. The van der Waals surface area contributed by atoms with Gasteiger partial charge in [-0.15, -0.1) is 0 Å². The Morgan fingerprint density at radius 2 is 1.90 bits per heavy atom. The van der Waals surface area contributed by atoms with Gasteiger partial charge in [0.05, 0.1) is 31.0 Å². The SMILES string of the molecule is N#Cc1cnc2c(c1)nc(CN1CCC(c3ncc(F)c(OCc4ccc(Cl)cc4F)n3)CC1)n2C[C@@H]1CCO1. The summed E-state index contributed by atoms with van der Waals surface area (Å²) in [4.78, 5) is 20.2. The van der Waals surface area contributed by atoms with Crippen molar-refractivity contribution in [3.63, 3.8) is 0 Å². The Hall–Kier alpha value is -3.72. The molecule has 0 saturated carbocycles. The van der Waals surface area contributed by atoms with Gasteiger partial charge in [0.2, 0.25) is 5.82 Å². The average molecular weight is 566 g/mol. The van der Waals surface area contributed by atoms with Gasteiger partial charge in [0, 0.05) is 29.3 Å². The molecular weight excluding hydrogens is 540 g/mol. The van der Waals surface area contributed by atoms with E-state index in [1.165, 1.54) is 12.1 Å². The summed E-state index contributed by atoms with van der Waals surface area (Å²) in [6.07, 6.45) is 5.38. The molecule has 40 heavy (non-hydrogen) atoms. The fourth-order valence-corrected chi connectivity index (χ4v) is 5.22. The molecule has 2 fully saturated rings. The van der Waals surface area contributed by atoms with Crippen LogP contribution in [0.3, 0.4) is 0 Å². The highest BCUT2D eigenvalue weighted by atomic mass is 35.5. The van der Waals surface area contributed by atoms with E-state index in [9.17, 15) is 14.0 Å². The van der Waals surface area contributed by atoms with Crippen LogP contribution in [0.5, 0.6) is 5.88 Å². The number of hydrogen-bond acceptors (Lipinski definition) is 8. The molecule has 0 spiro atoms. The van der Waals surface area contributed by atoms with E-state index in [2.05, 4.69) is 30.5 Å². The molecule has 2 aliphatic rings. The third-order valence-corrected chi connectivity index (χ3v) is 7.64. The fraction of sp³-hybridized carbons (Fsp3) is 0.393. The van der Waals surface area contributed by atoms with E-state index < -0.39 is 11.6 Å². The van der Waals surface area contributed by atoms with Crippen LogP contribution in [0.1, 0.15) is 48.0 Å². The normalized spacial score (nSPS) is 18.0. The van der Waals surface area contributed by atoms with Gasteiger partial charge < -0.3 is 14.0 Å². The van der Waals surface area contributed by atoms with Crippen LogP contribution < -0.4 is 4.74 Å². The maximum absolute atomic E-state index is 14.4. The van der Waals surface area contributed by atoms with Gasteiger partial charge >= 0.3 is 0 Å². The van der Waals surface area contributed by atoms with Crippen molar-refractivity contribution in [1.29, 1.82) is 5.26 Å². The van der Waals surface area contributed by atoms with Crippen LogP contribution in [0, 0.1) is 23.0 Å². The highest BCUT2D eigenvalue weighted by molar-refractivity contribution is 6.30. The Bertz CT molecular complexity index is 1580. The third-order valence-electron chi connectivity index (χ3n) is 7.40. The fourth-order valence-electron chi connectivity index (χ4n) is 5.06. The van der Waals surface area contributed by atoms with Gasteiger partial charge in [0.1, 0.15) is 35.7 Å². The van der Waals surface area contributed by atoms with Gasteiger partial charge in [-0.25, -0.2) is 19.3 Å². The zero-order valence-electron chi connectivity index (χ0n) is 21.6. The molecule has 2 aliphatic heterocycles. The third kappa shape index (κ3) is 5.61. The molecule has 9 nitrogen and oxygen atoms in total. The van der Waals surface area contributed by atoms with Crippen molar-refractivity contribution in [2.45, 2.75) is 51.0 Å². The number of likely N-dealkylation sites (tertiary alicyclic amines) is 1. The Balaban J connectivity index is 1.12. The van der Waals surface area contributed by atoms with E-state index in [0.29, 0.717) is 30.0 Å². The van der Waals surface area contributed by atoms with Gasteiger partial charge in [-0.1, -0.05) is 17.7 Å². The largest absolute Gasteiger partial charge is 0.471 e. The number of piperidine rings is 1. The first-order valence-corrected chi connectivity index (χ1v) is 13.5. The first-order chi connectivity index (χ1) is 19.5. The predicted molar refractivity (Wildman–Crippen MR) is 142 cm³/mol. The molecule has 1 aromatic carbocycles. The summed E-state index contributed by atoms with van der Waals surface area (Å²) in [7, 11) is 0. The summed E-state index contributed by atoms with van der Waals surface area (Å²) in [5.74, 6) is 0.0130. The zero-order chi connectivity index (χ0) is 27.6. The van der Waals surface area contributed by atoms with E-state index in [1.807, 2.05) is 0 Å². The van der Waals surface area contributed by atoms with Crippen LogP contribution in [-0.2, 0) is 24.4 Å². The van der Waals surface area contributed by atoms with Crippen molar-refractivity contribution in [1.82, 2.24) is 29.4 Å². The molecule has 1 atom stereocenters. The molecular formula is C28H26ClF2N7O2. The number of nitriles is 1. The van der Waals surface area contributed by atoms with Crippen molar-refractivity contribution in [2.24, 2.45) is 0 Å². The molecule has 3 aromatic heterocycles. The minimum Gasteiger partial charge on any atom is -0.471 e. The van der Waals surface area contributed by atoms with Crippen LogP contribution in [0.25, 0.3) is 11.2 Å². The van der Waals surface area contributed by atoms with Crippen molar-refractivity contribution in [3.8, 4) is 11.9 Å². The topological polar surface area (TPSA) is 102 Å². The first-order valence-electron chi connectivity index (χ1n) is 13.1. The maximum atomic E-state index is 14.4. The second-order valence-corrected chi connectivity index (χ2v) is 10.5. The smallest absolute Gasteiger partial charge is 0.254 e. The zero-order valence-corrected chi connectivity index (χ0v) is 22.3. The summed E-state index contributed by atoms with van der Waals surface area (Å²) in [5.41, 5.74) is 2.19. The van der Waals surface area contributed by atoms with Crippen molar-refractivity contribution >= 4 is 22.8 Å². The van der Waals surface area contributed by atoms with Crippen molar-refractivity contribution < 1.29 is 18.3 Å². The van der Waals surface area contributed by atoms with Crippen LogP contribution in [0.4, 0.5) is 8.78 Å². The predicted octanol–water partition coefficient (Wildman–Crippen LogP) is 4.77. The Labute approximate surface area is 234 Å². The Morgan fingerprint density at radius 3 is 2.62 bits per heavy atom. The number of hydrogen-bond donors (Lipinski definition) is 0. The van der Waals surface area contributed by atoms with E-state index in [-0.39, 0.29) is 35.1 Å². The van der Waals surface area contributed by atoms with E-state index in [0.717, 1.165) is 56.6 Å². The van der Waals surface area contributed by atoms with Crippen LogP contribution in [0.2, 0.25) is 5.02 Å². The minimum atomic E-state index is -0.696. The molecule has 4 aromatic rings. The summed E-state index contributed by atoms with van der Waals surface area (Å²) >= 11 is 5.80. The average Bonchev–Trinajstić information content (AvgIpc) is 3.27. The molecule has 6 rings (SSSR count). The molecule has 0 unspecified atom stereocenters. The number of benzene rings is 1. The molecule has 0 amide bonds. The first kappa shape index (κ1) is 26.5. The van der Waals surface area contributed by atoms with Gasteiger partial charge in [0.15, 0.2) is 5.65 Å². The molecule has 12 heteroatoms. The van der Waals surface area contributed by atoms with Crippen molar-refractivity contribution in [2.75, 3.05) is 19.7 Å². The number of imidazole rings is 1. The van der Waals surface area contributed by atoms with Crippen LogP contribution in [-0.4, -0.2) is 55.2 Å². The number of halogens is 3. The summed E-state index contributed by atoms with van der Waals surface area (Å²) in [6.45, 7) is 3.44. The molecule has 0 radical (unpaired) electrons. The lowest BCUT2D eigenvalue weighted by molar-refractivity contribution is -0.0593. The standard InChI is InChI=1S/C28H26ClF2N7O2/c29-20-2-1-19(22(30)10-20)16-40-28-23(31)13-33-26(36-28)18-3-6-37(7-4-18)15-25-35-24-9-17(11-32)12-34-27(24)38(25)14-21-5-8-39-21/h1-2,9-10,12-13,18,21H,3-8,14-16H2/t21-/m0/s1. The maximum Gasteiger partial charge on any atom is 0.254 e. The van der Waals surface area contributed by atoms with Crippen LogP contribution >= 0.6 is 11.6 Å². The summed E-state index contributed by atoms with van der Waals surface area (Å²) in [6, 6.07) is 8.13. The van der Waals surface area contributed by atoms with Gasteiger partial charge in [-0.2, -0.15) is 14.6 Å². The van der Waals surface area contributed by atoms with Crippen molar-refractivity contribution in [3.05, 3.63) is 76.1 Å². The number of fused-ring (bicyclic) bond motifs is 1. The van der Waals surface area contributed by atoms with Gasteiger partial charge in [-0.3, -0.25) is 4.90 Å². The number of rotatable bonds is 8. The lowest BCUT2D eigenvalue weighted by Crippen LogP contribution is -2.35. The van der Waals surface area contributed by atoms with E-state index in [4.69, 9.17) is 26.1 Å². The minimum absolute atomic E-state index is 0.0357. The summed E-state index contributed by atoms with van der Waals surface area (Å²) in [5, 5.41) is 9.54. The van der Waals surface area contributed by atoms with E-state index >= 15 is 0 Å². The van der Waals surface area contributed by atoms with Gasteiger partial charge in [-0.05, 0) is 50.6 Å². The highest BCUT2D eigenvalue weighted by Crippen LogP contribution is 2.29. The molecule has 2 saturated heterocycles. The lowest BCUT2D eigenvalue weighted by Gasteiger charge is -2.32. The monoisotopic (exact) mass is 565 g/mol. The molecule has 0 bridgehead atoms. The molecule has 0 N–H and O–H groups in total. The summed E-state index contributed by atoms with van der Waals surface area (Å²) < 4.78 is 41.8. The number of pyridine rings is 1. The van der Waals surface area contributed by atoms with Gasteiger partial charge in [0.25, 0.3) is 5.88 Å². The molecule has 0 aliphatic carbocycles. The molecule has 5 heterocycles. The number of aromatic nitrogens is 5. The lowest BCUT2D eigenvalue weighted by atomic mass is 9.96. The number of ether oxygens (including phenoxy) is 2. The second-order valence-electron chi connectivity index (χ2n) is 10.1. The Morgan fingerprint density at radius 1 is 1.07 bits per heavy atom. The highest BCUT2D eigenvalue weighted by Gasteiger charge is 2.27. The quantitative estimate of drug-likeness (QED) is 0.301. The number of nitrogens with zero attached hydrogens (tertiary/aromatic N) is 7. The van der Waals surface area contributed by atoms with Crippen LogP contribution in [0.15, 0.2) is 36.7 Å². The van der Waals surface area contributed by atoms with E-state index in [1.54, 1.807) is 18.3 Å². The Kier molecular flexibility index (Phi) is 7.56. The second kappa shape index (κ2) is 11.4.